The van der Waals surface area contributed by atoms with Crippen molar-refractivity contribution >= 4 is 5.82 Å². The Labute approximate surface area is 92.6 Å². The number of fused-ring (bicyclic) bond motifs is 1. The average molecular weight is 220 g/mol. The third-order valence-electron chi connectivity index (χ3n) is 3.42. The standard InChI is InChI=1S/C11H12N2O3/c14-13(15)11-10(2-1-3-12-11)16-9-5-7-4-8(7)6-9/h1-3,7-9H,4-6H2/t7-,8+,9?. The number of nitro groups is 1. The van der Waals surface area contributed by atoms with Crippen molar-refractivity contribution in [3.63, 3.8) is 0 Å². The summed E-state index contributed by atoms with van der Waals surface area (Å²) in [6.45, 7) is 0. The van der Waals surface area contributed by atoms with Crippen LogP contribution in [-0.4, -0.2) is 16.0 Å². The highest BCUT2D eigenvalue weighted by Gasteiger charge is 2.47. The van der Waals surface area contributed by atoms with Crippen LogP contribution in [0.5, 0.6) is 5.75 Å². The van der Waals surface area contributed by atoms with E-state index in [1.54, 1.807) is 12.1 Å². The Bertz CT molecular complexity index is 425. The van der Waals surface area contributed by atoms with Crippen molar-refractivity contribution in [2.75, 3.05) is 0 Å². The zero-order valence-corrected chi connectivity index (χ0v) is 8.70. The van der Waals surface area contributed by atoms with Crippen molar-refractivity contribution in [3.05, 3.63) is 28.4 Å². The molecular weight excluding hydrogens is 208 g/mol. The van der Waals surface area contributed by atoms with Gasteiger partial charge in [-0.1, -0.05) is 0 Å². The molecular formula is C11H12N2O3. The van der Waals surface area contributed by atoms with Crippen molar-refractivity contribution in [1.29, 1.82) is 0 Å². The van der Waals surface area contributed by atoms with Crippen LogP contribution in [0.3, 0.4) is 0 Å². The second kappa shape index (κ2) is 3.43. The molecule has 0 aliphatic heterocycles. The van der Waals surface area contributed by atoms with Crippen LogP contribution in [-0.2, 0) is 0 Å². The lowest BCUT2D eigenvalue weighted by atomic mass is 10.2. The van der Waals surface area contributed by atoms with Gasteiger partial charge in [-0.2, -0.15) is 0 Å². The summed E-state index contributed by atoms with van der Waals surface area (Å²) >= 11 is 0. The summed E-state index contributed by atoms with van der Waals surface area (Å²) in [5.41, 5.74) is 0. The van der Waals surface area contributed by atoms with E-state index in [9.17, 15) is 10.1 Å². The monoisotopic (exact) mass is 220 g/mol. The van der Waals surface area contributed by atoms with E-state index in [4.69, 9.17) is 4.74 Å². The first-order chi connectivity index (χ1) is 7.74. The molecule has 84 valence electrons. The largest absolute Gasteiger partial charge is 0.482 e. The fourth-order valence-electron chi connectivity index (χ4n) is 2.55. The van der Waals surface area contributed by atoms with Gasteiger partial charge in [0, 0.05) is 0 Å². The molecule has 1 heterocycles. The molecule has 0 bridgehead atoms. The van der Waals surface area contributed by atoms with E-state index < -0.39 is 4.92 Å². The van der Waals surface area contributed by atoms with E-state index in [0.29, 0.717) is 5.75 Å². The highest BCUT2D eigenvalue weighted by molar-refractivity contribution is 5.38. The molecule has 0 N–H and O–H groups in total. The van der Waals surface area contributed by atoms with Gasteiger partial charge < -0.3 is 14.9 Å². The van der Waals surface area contributed by atoms with Gasteiger partial charge in [-0.3, -0.25) is 0 Å². The third-order valence-corrected chi connectivity index (χ3v) is 3.42. The van der Waals surface area contributed by atoms with Gasteiger partial charge in [-0.05, 0) is 53.1 Å². The lowest BCUT2D eigenvalue weighted by Crippen LogP contribution is -2.14. The van der Waals surface area contributed by atoms with E-state index in [1.807, 2.05) is 0 Å². The number of rotatable bonds is 3. The van der Waals surface area contributed by atoms with E-state index in [-0.39, 0.29) is 11.9 Å². The minimum Gasteiger partial charge on any atom is -0.482 e. The molecule has 16 heavy (non-hydrogen) atoms. The molecule has 0 spiro atoms. The number of pyridine rings is 1. The molecule has 5 nitrogen and oxygen atoms in total. The summed E-state index contributed by atoms with van der Waals surface area (Å²) in [6.07, 6.45) is 4.95. The molecule has 3 atom stereocenters. The Morgan fingerprint density at radius 3 is 2.81 bits per heavy atom. The maximum Gasteiger partial charge on any atom is 0.406 e. The molecule has 0 aromatic carbocycles. The molecule has 2 fully saturated rings. The van der Waals surface area contributed by atoms with Crippen molar-refractivity contribution < 1.29 is 9.66 Å². The number of hydrogen-bond donors (Lipinski definition) is 0. The maximum atomic E-state index is 10.7. The Morgan fingerprint density at radius 1 is 1.38 bits per heavy atom. The Balaban J connectivity index is 1.75. The third kappa shape index (κ3) is 1.62. The fourth-order valence-corrected chi connectivity index (χ4v) is 2.55. The predicted molar refractivity (Wildman–Crippen MR) is 56.1 cm³/mol. The van der Waals surface area contributed by atoms with Gasteiger partial charge in [0.25, 0.3) is 0 Å². The first-order valence-electron chi connectivity index (χ1n) is 5.50. The Kier molecular flexibility index (Phi) is 2.05. The summed E-state index contributed by atoms with van der Waals surface area (Å²) < 4.78 is 5.66. The van der Waals surface area contributed by atoms with Crippen LogP contribution in [0.1, 0.15) is 19.3 Å². The lowest BCUT2D eigenvalue weighted by Gasteiger charge is -2.14. The van der Waals surface area contributed by atoms with Crippen molar-refractivity contribution in [2.45, 2.75) is 25.4 Å². The molecule has 2 aliphatic rings. The van der Waals surface area contributed by atoms with Gasteiger partial charge in [0.05, 0.1) is 6.10 Å². The van der Waals surface area contributed by atoms with Crippen LogP contribution in [0.15, 0.2) is 18.3 Å². The van der Waals surface area contributed by atoms with Crippen LogP contribution < -0.4 is 4.74 Å². The summed E-state index contributed by atoms with van der Waals surface area (Å²) in [7, 11) is 0. The first kappa shape index (κ1) is 9.57. The fraction of sp³-hybridized carbons (Fsp3) is 0.545. The Morgan fingerprint density at radius 2 is 2.12 bits per heavy atom. The topological polar surface area (TPSA) is 65.3 Å². The summed E-state index contributed by atoms with van der Waals surface area (Å²) in [5.74, 6) is 1.74. The molecule has 0 saturated heterocycles. The van der Waals surface area contributed by atoms with Crippen LogP contribution in [0.25, 0.3) is 0 Å². The molecule has 1 unspecified atom stereocenters. The summed E-state index contributed by atoms with van der Waals surface area (Å²) in [5, 5.41) is 10.7. The van der Waals surface area contributed by atoms with Gasteiger partial charge in [-0.15, -0.1) is 0 Å². The minimum atomic E-state index is -0.495. The number of aromatic nitrogens is 1. The van der Waals surface area contributed by atoms with Crippen LogP contribution in [0.4, 0.5) is 5.82 Å². The molecule has 0 radical (unpaired) electrons. The molecule has 1 aromatic rings. The molecule has 5 heteroatoms. The van der Waals surface area contributed by atoms with E-state index in [2.05, 4.69) is 4.98 Å². The van der Waals surface area contributed by atoms with Gasteiger partial charge >= 0.3 is 5.82 Å². The molecule has 3 rings (SSSR count). The first-order valence-corrected chi connectivity index (χ1v) is 5.50. The van der Waals surface area contributed by atoms with E-state index in [1.165, 1.54) is 12.6 Å². The van der Waals surface area contributed by atoms with Crippen LogP contribution >= 0.6 is 0 Å². The van der Waals surface area contributed by atoms with E-state index >= 15 is 0 Å². The van der Waals surface area contributed by atoms with Crippen molar-refractivity contribution in [1.82, 2.24) is 4.98 Å². The van der Waals surface area contributed by atoms with Gasteiger partial charge in [-0.25, -0.2) is 0 Å². The minimum absolute atomic E-state index is 0.145. The summed E-state index contributed by atoms with van der Waals surface area (Å²) in [4.78, 5) is 14.0. The van der Waals surface area contributed by atoms with Crippen molar-refractivity contribution in [2.24, 2.45) is 11.8 Å². The second-order valence-electron chi connectivity index (χ2n) is 4.55. The number of nitrogens with zero attached hydrogens (tertiary/aromatic N) is 2. The zero-order valence-electron chi connectivity index (χ0n) is 8.70. The quantitative estimate of drug-likeness (QED) is 0.578. The summed E-state index contributed by atoms with van der Waals surface area (Å²) in [6, 6.07) is 3.28. The SMILES string of the molecule is O=[N+]([O-])c1ncccc1OC1C[C@@H]2C[C@@H]2C1. The smallest absolute Gasteiger partial charge is 0.406 e. The second-order valence-corrected chi connectivity index (χ2v) is 4.55. The molecule has 1 aromatic heterocycles. The Hall–Kier alpha value is -1.65. The van der Waals surface area contributed by atoms with E-state index in [0.717, 1.165) is 24.7 Å². The molecule has 2 aliphatic carbocycles. The average Bonchev–Trinajstić information content (AvgIpc) is 2.87. The van der Waals surface area contributed by atoms with Gasteiger partial charge in [0.1, 0.15) is 6.20 Å². The van der Waals surface area contributed by atoms with Crippen molar-refractivity contribution in [3.8, 4) is 5.75 Å². The van der Waals surface area contributed by atoms with Crippen LogP contribution in [0, 0.1) is 22.0 Å². The number of ether oxygens (including phenoxy) is 1. The van der Waals surface area contributed by atoms with Crippen LogP contribution in [0.2, 0.25) is 0 Å². The lowest BCUT2D eigenvalue weighted by molar-refractivity contribution is -0.390. The van der Waals surface area contributed by atoms with Gasteiger partial charge in [0.2, 0.25) is 5.75 Å². The normalized spacial score (nSPS) is 30.9. The highest BCUT2D eigenvalue weighted by Crippen LogP contribution is 2.52. The highest BCUT2D eigenvalue weighted by atomic mass is 16.6. The molecule has 0 amide bonds. The zero-order chi connectivity index (χ0) is 11.1. The predicted octanol–water partition coefficient (Wildman–Crippen LogP) is 2.17. The molecule has 2 saturated carbocycles. The van der Waals surface area contributed by atoms with Gasteiger partial charge in [0.15, 0.2) is 0 Å². The number of hydrogen-bond acceptors (Lipinski definition) is 4. The maximum absolute atomic E-state index is 10.7.